The molecule has 0 saturated heterocycles. The number of halogens is 1. The fourth-order valence-corrected chi connectivity index (χ4v) is 1.65. The van der Waals surface area contributed by atoms with E-state index in [0.29, 0.717) is 24.7 Å². The molecule has 0 spiro atoms. The van der Waals surface area contributed by atoms with Crippen molar-refractivity contribution < 1.29 is 9.15 Å². The molecule has 6 heteroatoms. The molecule has 1 heterocycles. The molecule has 5 nitrogen and oxygen atoms in total. The van der Waals surface area contributed by atoms with Crippen molar-refractivity contribution in [1.29, 1.82) is 0 Å². The molecule has 2 N–H and O–H groups in total. The van der Waals surface area contributed by atoms with Crippen molar-refractivity contribution in [2.45, 2.75) is 13.0 Å². The molecule has 2 rings (SSSR count). The Morgan fingerprint density at radius 2 is 2.12 bits per heavy atom. The van der Waals surface area contributed by atoms with E-state index < -0.39 is 0 Å². The fraction of sp³-hybridized carbons (Fsp3) is 0.273. The van der Waals surface area contributed by atoms with Crippen LogP contribution < -0.4 is 10.5 Å². The molecule has 0 radical (unpaired) electrons. The lowest BCUT2D eigenvalue weighted by atomic mass is 10.3. The summed E-state index contributed by atoms with van der Waals surface area (Å²) in [5, 5.41) is 7.71. The summed E-state index contributed by atoms with van der Waals surface area (Å²) in [6.45, 7) is 0.752. The standard InChI is InChI=1S/C11H12BrN3O2/c12-8-2-1-3-9(6-8)16-7-11-15-14-10(17-11)4-5-13/h1-3,6H,4-5,7,13H2. The number of benzene rings is 1. The molecule has 0 unspecified atom stereocenters. The van der Waals surface area contributed by atoms with Crippen LogP contribution in [-0.2, 0) is 13.0 Å². The van der Waals surface area contributed by atoms with Gasteiger partial charge < -0.3 is 14.9 Å². The normalized spacial score (nSPS) is 10.5. The highest BCUT2D eigenvalue weighted by Crippen LogP contribution is 2.18. The molecule has 0 aliphatic heterocycles. The van der Waals surface area contributed by atoms with E-state index in [9.17, 15) is 0 Å². The highest BCUT2D eigenvalue weighted by atomic mass is 79.9. The summed E-state index contributed by atoms with van der Waals surface area (Å²) < 4.78 is 11.8. The maximum Gasteiger partial charge on any atom is 0.253 e. The third-order valence-electron chi connectivity index (χ3n) is 2.03. The molecule has 0 aliphatic rings. The fourth-order valence-electron chi connectivity index (χ4n) is 1.27. The van der Waals surface area contributed by atoms with Crippen LogP contribution in [0.5, 0.6) is 5.75 Å². The van der Waals surface area contributed by atoms with Gasteiger partial charge in [0.05, 0.1) is 0 Å². The minimum Gasteiger partial charge on any atom is -0.484 e. The van der Waals surface area contributed by atoms with Gasteiger partial charge in [0.15, 0.2) is 6.61 Å². The van der Waals surface area contributed by atoms with Gasteiger partial charge in [-0.15, -0.1) is 10.2 Å². The summed E-state index contributed by atoms with van der Waals surface area (Å²) in [5.74, 6) is 1.74. The van der Waals surface area contributed by atoms with Crippen molar-refractivity contribution in [2.24, 2.45) is 5.73 Å². The predicted molar refractivity (Wildman–Crippen MR) is 65.5 cm³/mol. The SMILES string of the molecule is NCCc1nnc(COc2cccc(Br)c2)o1. The number of nitrogens with two attached hydrogens (primary N) is 1. The molecule has 1 aromatic carbocycles. The Kier molecular flexibility index (Phi) is 4.11. The number of rotatable bonds is 5. The largest absolute Gasteiger partial charge is 0.484 e. The average Bonchev–Trinajstić information content (AvgIpc) is 2.75. The second kappa shape index (κ2) is 5.79. The molecular weight excluding hydrogens is 286 g/mol. The van der Waals surface area contributed by atoms with E-state index in [0.717, 1.165) is 10.2 Å². The maximum atomic E-state index is 5.51. The summed E-state index contributed by atoms with van der Waals surface area (Å²) in [6.07, 6.45) is 0.587. The molecule has 0 bridgehead atoms. The number of hydrogen-bond acceptors (Lipinski definition) is 5. The van der Waals surface area contributed by atoms with Crippen LogP contribution >= 0.6 is 15.9 Å². The first-order valence-corrected chi connectivity index (χ1v) is 5.97. The molecule has 0 atom stereocenters. The third kappa shape index (κ3) is 3.54. The molecule has 0 saturated carbocycles. The van der Waals surface area contributed by atoms with Crippen molar-refractivity contribution in [3.63, 3.8) is 0 Å². The van der Waals surface area contributed by atoms with E-state index >= 15 is 0 Å². The van der Waals surface area contributed by atoms with Gasteiger partial charge in [-0.25, -0.2) is 0 Å². The monoisotopic (exact) mass is 297 g/mol. The van der Waals surface area contributed by atoms with E-state index in [1.54, 1.807) is 0 Å². The molecular formula is C11H12BrN3O2. The van der Waals surface area contributed by atoms with Gasteiger partial charge >= 0.3 is 0 Å². The summed E-state index contributed by atoms with van der Waals surface area (Å²) in [5.41, 5.74) is 5.39. The lowest BCUT2D eigenvalue weighted by Gasteiger charge is -2.02. The Morgan fingerprint density at radius 1 is 1.29 bits per heavy atom. The predicted octanol–water partition coefficient (Wildman–Crippen LogP) is 1.91. The smallest absolute Gasteiger partial charge is 0.253 e. The van der Waals surface area contributed by atoms with E-state index in [1.165, 1.54) is 0 Å². The summed E-state index contributed by atoms with van der Waals surface area (Å²) in [6, 6.07) is 7.56. The van der Waals surface area contributed by atoms with Crippen LogP contribution in [0, 0.1) is 0 Å². The zero-order valence-corrected chi connectivity index (χ0v) is 10.7. The van der Waals surface area contributed by atoms with Crippen LogP contribution in [0.4, 0.5) is 0 Å². The van der Waals surface area contributed by atoms with Crippen LogP contribution in [0.2, 0.25) is 0 Å². The number of nitrogens with zero attached hydrogens (tertiary/aromatic N) is 2. The number of aromatic nitrogens is 2. The van der Waals surface area contributed by atoms with Crippen LogP contribution in [0.25, 0.3) is 0 Å². The minimum absolute atomic E-state index is 0.258. The molecule has 0 amide bonds. The molecule has 90 valence electrons. The Bertz CT molecular complexity index is 487. The van der Waals surface area contributed by atoms with Crippen molar-refractivity contribution in [3.8, 4) is 5.75 Å². The van der Waals surface area contributed by atoms with Gasteiger partial charge in [0.2, 0.25) is 5.89 Å². The molecule has 17 heavy (non-hydrogen) atoms. The van der Waals surface area contributed by atoms with Gasteiger partial charge in [0, 0.05) is 17.4 Å². The van der Waals surface area contributed by atoms with Crippen LogP contribution in [0.3, 0.4) is 0 Å². The topological polar surface area (TPSA) is 74.2 Å². The summed E-state index contributed by atoms with van der Waals surface area (Å²) >= 11 is 3.37. The second-order valence-corrected chi connectivity index (χ2v) is 4.29. The van der Waals surface area contributed by atoms with Crippen molar-refractivity contribution in [3.05, 3.63) is 40.5 Å². The Morgan fingerprint density at radius 3 is 2.88 bits per heavy atom. The maximum absolute atomic E-state index is 5.51. The van der Waals surface area contributed by atoms with Gasteiger partial charge in [-0.1, -0.05) is 22.0 Å². The number of ether oxygens (including phenoxy) is 1. The first-order chi connectivity index (χ1) is 8.28. The summed E-state index contributed by atoms with van der Waals surface area (Å²) in [4.78, 5) is 0. The highest BCUT2D eigenvalue weighted by molar-refractivity contribution is 9.10. The van der Waals surface area contributed by atoms with Crippen molar-refractivity contribution in [1.82, 2.24) is 10.2 Å². The van der Waals surface area contributed by atoms with Crippen molar-refractivity contribution >= 4 is 15.9 Å². The molecule has 1 aromatic heterocycles. The zero-order chi connectivity index (χ0) is 12.1. The van der Waals surface area contributed by atoms with E-state index in [2.05, 4.69) is 26.1 Å². The zero-order valence-electron chi connectivity index (χ0n) is 9.10. The van der Waals surface area contributed by atoms with E-state index in [1.807, 2.05) is 24.3 Å². The van der Waals surface area contributed by atoms with Crippen LogP contribution in [0.1, 0.15) is 11.8 Å². The number of hydrogen-bond donors (Lipinski definition) is 1. The molecule has 0 fully saturated rings. The van der Waals surface area contributed by atoms with E-state index in [-0.39, 0.29) is 6.61 Å². The first kappa shape index (κ1) is 12.1. The van der Waals surface area contributed by atoms with Crippen LogP contribution in [0.15, 0.2) is 33.2 Å². The van der Waals surface area contributed by atoms with Crippen molar-refractivity contribution in [2.75, 3.05) is 6.54 Å². The lowest BCUT2D eigenvalue weighted by molar-refractivity contribution is 0.259. The van der Waals surface area contributed by atoms with Gasteiger partial charge in [-0.3, -0.25) is 0 Å². The Balaban J connectivity index is 1.93. The molecule has 2 aromatic rings. The highest BCUT2D eigenvalue weighted by Gasteiger charge is 2.05. The second-order valence-electron chi connectivity index (χ2n) is 3.37. The summed E-state index contributed by atoms with van der Waals surface area (Å²) in [7, 11) is 0. The van der Waals surface area contributed by atoms with Gasteiger partial charge in [0.25, 0.3) is 5.89 Å². The Labute approximate surface area is 107 Å². The van der Waals surface area contributed by atoms with Crippen LogP contribution in [-0.4, -0.2) is 16.7 Å². The van der Waals surface area contributed by atoms with Gasteiger partial charge in [0.1, 0.15) is 5.75 Å². The van der Waals surface area contributed by atoms with Gasteiger partial charge in [-0.2, -0.15) is 0 Å². The first-order valence-electron chi connectivity index (χ1n) is 5.17. The lowest BCUT2D eigenvalue weighted by Crippen LogP contribution is -2.02. The minimum atomic E-state index is 0.258. The average molecular weight is 298 g/mol. The third-order valence-corrected chi connectivity index (χ3v) is 2.52. The van der Waals surface area contributed by atoms with E-state index in [4.69, 9.17) is 14.9 Å². The Hall–Kier alpha value is -1.40. The molecule has 0 aliphatic carbocycles. The van der Waals surface area contributed by atoms with Gasteiger partial charge in [-0.05, 0) is 18.2 Å². The quantitative estimate of drug-likeness (QED) is 0.912.